The van der Waals surface area contributed by atoms with Crippen LogP contribution in [0.25, 0.3) is 10.8 Å². The molecule has 6 heteroatoms. The second-order valence-electron chi connectivity index (χ2n) is 4.69. The minimum atomic E-state index is -4.70. The first-order chi connectivity index (χ1) is 9.84. The molecule has 0 aliphatic carbocycles. The number of benzene rings is 2. The van der Waals surface area contributed by atoms with E-state index in [1.165, 1.54) is 6.92 Å². The zero-order chi connectivity index (χ0) is 15.6. The first-order valence-electron chi connectivity index (χ1n) is 6.28. The molecule has 0 bridgehead atoms. The first kappa shape index (κ1) is 15.3. The van der Waals surface area contributed by atoms with Gasteiger partial charge in [0.1, 0.15) is 0 Å². The van der Waals surface area contributed by atoms with Gasteiger partial charge >= 0.3 is 12.3 Å². The van der Waals surface area contributed by atoms with Crippen molar-refractivity contribution in [3.05, 3.63) is 48.0 Å². The van der Waals surface area contributed by atoms with Gasteiger partial charge in [0.05, 0.1) is 6.04 Å². The van der Waals surface area contributed by atoms with Crippen molar-refractivity contribution in [1.82, 2.24) is 5.32 Å². The number of hydrogen-bond donors (Lipinski definition) is 1. The van der Waals surface area contributed by atoms with Crippen LogP contribution in [0.5, 0.6) is 0 Å². The zero-order valence-electron chi connectivity index (χ0n) is 11.1. The van der Waals surface area contributed by atoms with Crippen LogP contribution < -0.4 is 5.32 Å². The van der Waals surface area contributed by atoms with Gasteiger partial charge < -0.3 is 5.32 Å². The summed E-state index contributed by atoms with van der Waals surface area (Å²) in [5, 5.41) is 3.58. The van der Waals surface area contributed by atoms with Crippen LogP contribution in [0.2, 0.25) is 0 Å². The summed E-state index contributed by atoms with van der Waals surface area (Å²) in [7, 11) is 0. The Morgan fingerprint density at radius 1 is 1.10 bits per heavy atom. The van der Waals surface area contributed by atoms with Crippen LogP contribution in [0.4, 0.5) is 17.6 Å². The molecule has 1 amide bonds. The summed E-state index contributed by atoms with van der Waals surface area (Å²) in [6, 6.07) is 11.6. The highest BCUT2D eigenvalue weighted by Crippen LogP contribution is 2.27. The Bertz CT molecular complexity index is 652. The smallest absolute Gasteiger partial charge is 0.344 e. The van der Waals surface area contributed by atoms with E-state index < -0.39 is 24.3 Å². The van der Waals surface area contributed by atoms with Crippen molar-refractivity contribution in [3.63, 3.8) is 0 Å². The first-order valence-corrected chi connectivity index (χ1v) is 6.28. The molecule has 1 atom stereocenters. The van der Waals surface area contributed by atoms with E-state index in [0.29, 0.717) is 5.56 Å². The lowest BCUT2D eigenvalue weighted by Gasteiger charge is -2.20. The molecule has 112 valence electrons. The molecule has 0 heterocycles. The lowest BCUT2D eigenvalue weighted by atomic mass is 9.99. The lowest BCUT2D eigenvalue weighted by Crippen LogP contribution is -2.46. The molecule has 2 nitrogen and oxygen atoms in total. The standard InChI is InChI=1S/C15H13F4NO/c1-9(20-14(21)15(18,19)13(16)17)11-8-4-6-10-5-2-3-7-12(10)11/h2-9,13H,1H3,(H,20,21). The molecule has 21 heavy (non-hydrogen) atoms. The summed E-state index contributed by atoms with van der Waals surface area (Å²) in [6.45, 7) is 1.47. The largest absolute Gasteiger partial charge is 0.383 e. The van der Waals surface area contributed by atoms with Gasteiger partial charge in [-0.2, -0.15) is 8.78 Å². The van der Waals surface area contributed by atoms with Gasteiger partial charge in [0.25, 0.3) is 5.91 Å². The lowest BCUT2D eigenvalue weighted by molar-refractivity contribution is -0.170. The van der Waals surface area contributed by atoms with Crippen molar-refractivity contribution in [3.8, 4) is 0 Å². The number of nitrogens with one attached hydrogen (secondary N) is 1. The highest BCUT2D eigenvalue weighted by atomic mass is 19.3. The molecule has 0 aromatic heterocycles. The zero-order valence-corrected chi connectivity index (χ0v) is 11.1. The molecule has 0 radical (unpaired) electrons. The number of hydrogen-bond acceptors (Lipinski definition) is 1. The number of amides is 1. The van der Waals surface area contributed by atoms with Crippen molar-refractivity contribution >= 4 is 16.7 Å². The van der Waals surface area contributed by atoms with E-state index in [0.717, 1.165) is 10.8 Å². The van der Waals surface area contributed by atoms with E-state index >= 15 is 0 Å². The molecule has 2 aromatic carbocycles. The fourth-order valence-electron chi connectivity index (χ4n) is 2.10. The van der Waals surface area contributed by atoms with Crippen molar-refractivity contribution < 1.29 is 22.4 Å². The maximum atomic E-state index is 13.0. The maximum Gasteiger partial charge on any atom is 0.383 e. The van der Waals surface area contributed by atoms with Crippen molar-refractivity contribution in [2.24, 2.45) is 0 Å². The average molecular weight is 299 g/mol. The van der Waals surface area contributed by atoms with Crippen LogP contribution in [0.15, 0.2) is 42.5 Å². The Hall–Kier alpha value is -2.11. The summed E-state index contributed by atoms with van der Waals surface area (Å²) in [5.74, 6) is -6.67. The Morgan fingerprint density at radius 3 is 2.38 bits per heavy atom. The minimum absolute atomic E-state index is 0.589. The van der Waals surface area contributed by atoms with E-state index in [4.69, 9.17) is 0 Å². The maximum absolute atomic E-state index is 13.0. The van der Waals surface area contributed by atoms with Gasteiger partial charge in [-0.05, 0) is 23.3 Å². The van der Waals surface area contributed by atoms with Crippen LogP contribution >= 0.6 is 0 Å². The van der Waals surface area contributed by atoms with Gasteiger partial charge in [0.15, 0.2) is 0 Å². The van der Waals surface area contributed by atoms with E-state index in [1.54, 1.807) is 24.3 Å². The summed E-state index contributed by atoms with van der Waals surface area (Å²) >= 11 is 0. The summed E-state index contributed by atoms with van der Waals surface area (Å²) in [4.78, 5) is 11.3. The summed E-state index contributed by atoms with van der Waals surface area (Å²) in [5.41, 5.74) is 0.589. The quantitative estimate of drug-likeness (QED) is 0.852. The number of alkyl halides is 4. The van der Waals surface area contributed by atoms with Gasteiger partial charge in [0.2, 0.25) is 0 Å². The number of fused-ring (bicyclic) bond motifs is 1. The molecule has 2 rings (SSSR count). The Kier molecular flexibility index (Phi) is 4.16. The van der Waals surface area contributed by atoms with Gasteiger partial charge in [-0.1, -0.05) is 42.5 Å². The van der Waals surface area contributed by atoms with Gasteiger partial charge in [-0.15, -0.1) is 0 Å². The molecule has 1 N–H and O–H groups in total. The molecule has 2 aromatic rings. The molecule has 1 unspecified atom stereocenters. The third kappa shape index (κ3) is 2.99. The van der Waals surface area contributed by atoms with Gasteiger partial charge in [-0.25, -0.2) is 8.78 Å². The third-order valence-electron chi connectivity index (χ3n) is 3.21. The van der Waals surface area contributed by atoms with E-state index in [9.17, 15) is 22.4 Å². The second kappa shape index (κ2) is 5.71. The monoisotopic (exact) mass is 299 g/mol. The average Bonchev–Trinajstić information content (AvgIpc) is 2.46. The highest BCUT2D eigenvalue weighted by molar-refractivity contribution is 5.88. The van der Waals surface area contributed by atoms with E-state index in [-0.39, 0.29) is 0 Å². The van der Waals surface area contributed by atoms with Crippen LogP contribution in [0, 0.1) is 0 Å². The summed E-state index contributed by atoms with van der Waals surface area (Å²) < 4.78 is 50.3. The third-order valence-corrected chi connectivity index (χ3v) is 3.21. The van der Waals surface area contributed by atoms with E-state index in [1.807, 2.05) is 23.5 Å². The second-order valence-corrected chi connectivity index (χ2v) is 4.69. The number of carbonyl (C=O) groups is 1. The van der Waals surface area contributed by atoms with Crippen molar-refractivity contribution in [1.29, 1.82) is 0 Å². The normalized spacial score (nSPS) is 13.4. The summed E-state index contributed by atoms with van der Waals surface area (Å²) in [6.07, 6.45) is -4.03. The van der Waals surface area contributed by atoms with Gasteiger partial charge in [0, 0.05) is 0 Å². The predicted octanol–water partition coefficient (Wildman–Crippen LogP) is 3.92. The number of halogens is 4. The molecule has 0 saturated heterocycles. The van der Waals surface area contributed by atoms with Gasteiger partial charge in [-0.3, -0.25) is 4.79 Å². The minimum Gasteiger partial charge on any atom is -0.344 e. The molecule has 0 saturated carbocycles. The van der Waals surface area contributed by atoms with Crippen LogP contribution in [0.1, 0.15) is 18.5 Å². The van der Waals surface area contributed by atoms with Crippen LogP contribution in [-0.4, -0.2) is 18.3 Å². The molecule has 0 spiro atoms. The Labute approximate surface area is 118 Å². The molecular formula is C15H13F4NO. The van der Waals surface area contributed by atoms with Crippen LogP contribution in [0.3, 0.4) is 0 Å². The molecule has 0 fully saturated rings. The number of carbonyl (C=O) groups excluding carboxylic acids is 1. The fraction of sp³-hybridized carbons (Fsp3) is 0.267. The molecule has 0 aliphatic rings. The van der Waals surface area contributed by atoms with Crippen molar-refractivity contribution in [2.75, 3.05) is 0 Å². The Balaban J connectivity index is 2.27. The Morgan fingerprint density at radius 2 is 1.71 bits per heavy atom. The molecule has 0 aliphatic heterocycles. The van der Waals surface area contributed by atoms with Crippen LogP contribution in [-0.2, 0) is 4.79 Å². The number of rotatable bonds is 4. The van der Waals surface area contributed by atoms with E-state index in [2.05, 4.69) is 0 Å². The predicted molar refractivity (Wildman–Crippen MR) is 71.5 cm³/mol. The topological polar surface area (TPSA) is 29.1 Å². The highest BCUT2D eigenvalue weighted by Gasteiger charge is 2.49. The fourth-order valence-corrected chi connectivity index (χ4v) is 2.10. The van der Waals surface area contributed by atoms with Crippen molar-refractivity contribution in [2.45, 2.75) is 25.3 Å². The SMILES string of the molecule is CC(NC(=O)C(F)(F)C(F)F)c1cccc2ccccc12. The molecular weight excluding hydrogens is 286 g/mol.